The summed E-state index contributed by atoms with van der Waals surface area (Å²) >= 11 is 0. The lowest BCUT2D eigenvalue weighted by Gasteiger charge is -2.38. The van der Waals surface area contributed by atoms with Crippen LogP contribution in [0.2, 0.25) is 0 Å². The summed E-state index contributed by atoms with van der Waals surface area (Å²) in [4.78, 5) is 0. The van der Waals surface area contributed by atoms with Crippen LogP contribution in [0.4, 0.5) is 0 Å². The zero-order valence-corrected chi connectivity index (χ0v) is 26.5. The molecule has 2 aliphatic carbocycles. The summed E-state index contributed by atoms with van der Waals surface area (Å²) in [6.45, 7) is 0. The summed E-state index contributed by atoms with van der Waals surface area (Å²) in [7, 11) is 0. The first kappa shape index (κ1) is 27.2. The van der Waals surface area contributed by atoms with E-state index in [9.17, 15) is 0 Å². The fraction of sp³-hybridized carbons (Fsp3) is 0.0417. The minimum atomic E-state index is 0.210. The minimum Gasteiger partial charge on any atom is -0.0760 e. The van der Waals surface area contributed by atoms with Gasteiger partial charge in [-0.25, -0.2) is 0 Å². The van der Waals surface area contributed by atoms with Crippen molar-refractivity contribution < 1.29 is 0 Å². The van der Waals surface area contributed by atoms with Gasteiger partial charge in [-0.05, 0) is 93.7 Å². The van der Waals surface area contributed by atoms with Gasteiger partial charge < -0.3 is 0 Å². The summed E-state index contributed by atoms with van der Waals surface area (Å²) in [5.41, 5.74) is 10.7. The minimum absolute atomic E-state index is 0.210. The molecule has 224 valence electrons. The molecule has 0 aromatic heterocycles. The maximum absolute atomic E-state index is 2.44. The number of rotatable bonds is 3. The molecule has 0 fully saturated rings. The van der Waals surface area contributed by atoms with Gasteiger partial charge >= 0.3 is 0 Å². The molecule has 0 N–H and O–H groups in total. The third-order valence-electron chi connectivity index (χ3n) is 10.7. The Morgan fingerprint density at radius 3 is 1.75 bits per heavy atom. The molecule has 0 heterocycles. The summed E-state index contributed by atoms with van der Waals surface area (Å²) in [6.07, 6.45) is 9.30. The largest absolute Gasteiger partial charge is 0.0760 e. The Bertz CT molecular complexity index is 2620. The number of fused-ring (bicyclic) bond motifs is 6. The van der Waals surface area contributed by atoms with Crippen LogP contribution in [0.15, 0.2) is 188 Å². The predicted octanol–water partition coefficient (Wildman–Crippen LogP) is 12.7. The normalized spacial score (nSPS) is 16.9. The fourth-order valence-corrected chi connectivity index (χ4v) is 8.66. The number of allylic oxidation sites excluding steroid dienone is 5. The van der Waals surface area contributed by atoms with Gasteiger partial charge in [-0.15, -0.1) is 0 Å². The second kappa shape index (κ2) is 10.8. The highest BCUT2D eigenvalue weighted by Gasteiger charge is 2.37. The average molecular weight is 609 g/mol. The van der Waals surface area contributed by atoms with Crippen LogP contribution < -0.4 is 0 Å². The lowest BCUT2D eigenvalue weighted by atomic mass is 9.65. The van der Waals surface area contributed by atoms with Crippen LogP contribution in [0.25, 0.3) is 59.8 Å². The third kappa shape index (κ3) is 4.03. The molecule has 0 spiro atoms. The Labute approximate surface area is 280 Å². The van der Waals surface area contributed by atoms with Crippen LogP contribution in [-0.2, 0) is 0 Å². The Morgan fingerprint density at radius 1 is 0.396 bits per heavy atom. The van der Waals surface area contributed by atoms with Gasteiger partial charge in [-0.3, -0.25) is 0 Å². The van der Waals surface area contributed by atoms with Crippen LogP contribution in [0.3, 0.4) is 0 Å². The second-order valence-corrected chi connectivity index (χ2v) is 13.1. The van der Waals surface area contributed by atoms with E-state index in [0.717, 1.165) is 0 Å². The lowest BCUT2D eigenvalue weighted by Crippen LogP contribution is -2.23. The number of hydrogen-bond donors (Lipinski definition) is 0. The van der Waals surface area contributed by atoms with Crippen molar-refractivity contribution in [2.24, 2.45) is 5.92 Å². The molecule has 8 aromatic carbocycles. The van der Waals surface area contributed by atoms with Crippen molar-refractivity contribution in [2.75, 3.05) is 0 Å². The Balaban J connectivity index is 1.30. The molecule has 0 nitrogen and oxygen atoms in total. The molecule has 48 heavy (non-hydrogen) atoms. The van der Waals surface area contributed by atoms with E-state index < -0.39 is 0 Å². The van der Waals surface area contributed by atoms with Crippen molar-refractivity contribution in [1.29, 1.82) is 0 Å². The van der Waals surface area contributed by atoms with Gasteiger partial charge in [0.1, 0.15) is 0 Å². The van der Waals surface area contributed by atoms with Gasteiger partial charge in [0, 0.05) is 11.8 Å². The van der Waals surface area contributed by atoms with Crippen LogP contribution in [0.5, 0.6) is 0 Å². The Hall–Kier alpha value is -5.98. The molecule has 2 unspecified atom stereocenters. The SMILES string of the molecule is C1=CC2=C(c3c4ccccc4c(-c4ccc5ccccc5c4)c4ccccc34)c3ccccc3C(c3cccc4ccccc34)C2C=C1. The fourth-order valence-electron chi connectivity index (χ4n) is 8.66. The van der Waals surface area contributed by atoms with E-state index in [-0.39, 0.29) is 11.8 Å². The quantitative estimate of drug-likeness (QED) is 0.175. The van der Waals surface area contributed by atoms with E-state index in [1.54, 1.807) is 0 Å². The van der Waals surface area contributed by atoms with Gasteiger partial charge in [-0.2, -0.15) is 0 Å². The van der Waals surface area contributed by atoms with E-state index >= 15 is 0 Å². The van der Waals surface area contributed by atoms with E-state index in [4.69, 9.17) is 0 Å². The van der Waals surface area contributed by atoms with Crippen molar-refractivity contribution in [1.82, 2.24) is 0 Å². The molecule has 0 amide bonds. The standard InChI is InChI=1S/C48H32/c1-2-16-33-30-34(29-28-31(33)14-1)45-37-19-5-9-23-41(37)47(42-24-10-6-20-38(42)45)48-43-25-11-7-21-39(43)46(40-22-8-12-26-44(40)48)36-27-13-17-32-15-3-4-18-35(32)36/h1-30,39,46H. The van der Waals surface area contributed by atoms with Gasteiger partial charge in [0.2, 0.25) is 0 Å². The zero-order chi connectivity index (χ0) is 31.6. The van der Waals surface area contributed by atoms with Crippen LogP contribution >= 0.6 is 0 Å². The molecule has 0 bridgehead atoms. The molecule has 10 rings (SSSR count). The molecular weight excluding hydrogens is 577 g/mol. The van der Waals surface area contributed by atoms with Crippen molar-refractivity contribution in [3.63, 3.8) is 0 Å². The van der Waals surface area contributed by atoms with Gasteiger partial charge in [0.05, 0.1) is 0 Å². The predicted molar refractivity (Wildman–Crippen MR) is 204 cm³/mol. The molecule has 0 heteroatoms. The summed E-state index contributed by atoms with van der Waals surface area (Å²) in [5.74, 6) is 0.421. The van der Waals surface area contributed by atoms with Gasteiger partial charge in [-0.1, -0.05) is 176 Å². The monoisotopic (exact) mass is 608 g/mol. The summed E-state index contributed by atoms with van der Waals surface area (Å²) in [5, 5.41) is 10.3. The van der Waals surface area contributed by atoms with Crippen LogP contribution in [0, 0.1) is 5.92 Å². The van der Waals surface area contributed by atoms with Gasteiger partial charge in [0.15, 0.2) is 0 Å². The first-order chi connectivity index (χ1) is 23.8. The molecule has 0 radical (unpaired) electrons. The Morgan fingerprint density at radius 2 is 0.979 bits per heavy atom. The smallest absolute Gasteiger partial charge is 0.0205 e. The van der Waals surface area contributed by atoms with E-state index in [2.05, 4.69) is 182 Å². The Kier molecular flexibility index (Phi) is 6.11. The third-order valence-corrected chi connectivity index (χ3v) is 10.7. The lowest BCUT2D eigenvalue weighted by molar-refractivity contribution is 0.653. The number of benzene rings is 8. The molecule has 0 saturated heterocycles. The van der Waals surface area contributed by atoms with Crippen molar-refractivity contribution in [3.8, 4) is 11.1 Å². The molecule has 0 aliphatic heterocycles. The number of hydrogen-bond acceptors (Lipinski definition) is 0. The van der Waals surface area contributed by atoms with Crippen molar-refractivity contribution in [3.05, 3.63) is 210 Å². The van der Waals surface area contributed by atoms with Crippen LogP contribution in [0.1, 0.15) is 28.2 Å². The van der Waals surface area contributed by atoms with Crippen LogP contribution in [-0.4, -0.2) is 0 Å². The first-order valence-electron chi connectivity index (χ1n) is 16.9. The molecular formula is C48H32. The van der Waals surface area contributed by atoms with E-state index in [1.165, 1.54) is 87.6 Å². The topological polar surface area (TPSA) is 0 Å². The highest BCUT2D eigenvalue weighted by atomic mass is 14.4. The summed E-state index contributed by atoms with van der Waals surface area (Å²) in [6, 6.07) is 58.6. The molecule has 8 aromatic rings. The first-order valence-corrected chi connectivity index (χ1v) is 16.9. The maximum atomic E-state index is 2.44. The second-order valence-electron chi connectivity index (χ2n) is 13.1. The van der Waals surface area contributed by atoms with E-state index in [0.29, 0.717) is 0 Å². The molecule has 2 aliphatic rings. The average Bonchev–Trinajstić information content (AvgIpc) is 3.16. The maximum Gasteiger partial charge on any atom is 0.0205 e. The highest BCUT2D eigenvalue weighted by molar-refractivity contribution is 6.21. The highest BCUT2D eigenvalue weighted by Crippen LogP contribution is 2.54. The molecule has 0 saturated carbocycles. The van der Waals surface area contributed by atoms with Crippen molar-refractivity contribution >= 4 is 48.7 Å². The van der Waals surface area contributed by atoms with Crippen molar-refractivity contribution in [2.45, 2.75) is 5.92 Å². The van der Waals surface area contributed by atoms with E-state index in [1.807, 2.05) is 0 Å². The zero-order valence-electron chi connectivity index (χ0n) is 26.5. The van der Waals surface area contributed by atoms with Gasteiger partial charge in [0.25, 0.3) is 0 Å². The molecule has 2 atom stereocenters. The summed E-state index contributed by atoms with van der Waals surface area (Å²) < 4.78 is 0.